The van der Waals surface area contributed by atoms with Crippen LogP contribution in [0.25, 0.3) is 0 Å². The predicted octanol–water partition coefficient (Wildman–Crippen LogP) is 3.42. The van der Waals surface area contributed by atoms with Gasteiger partial charge in [0.25, 0.3) is 0 Å². The molecule has 0 aliphatic heterocycles. The van der Waals surface area contributed by atoms with Crippen molar-refractivity contribution in [2.75, 3.05) is 7.05 Å². The van der Waals surface area contributed by atoms with E-state index in [9.17, 15) is 0 Å². The zero-order valence-electron chi connectivity index (χ0n) is 9.54. The average Bonchev–Trinajstić information content (AvgIpc) is 2.19. The molecule has 0 radical (unpaired) electrons. The number of hydrogen-bond donors (Lipinski definition) is 0. The Balaban J connectivity index is 2.93. The maximum Gasteiger partial charge on any atom is 0.0281 e. The van der Waals surface area contributed by atoms with Crippen molar-refractivity contribution in [3.63, 3.8) is 0 Å². The first-order chi connectivity index (χ1) is 6.60. The van der Waals surface area contributed by atoms with Crippen molar-refractivity contribution in [1.82, 2.24) is 0 Å². The molecule has 76 valence electrons. The second-order valence-corrected chi connectivity index (χ2v) is 4.25. The molecule has 14 heavy (non-hydrogen) atoms. The van der Waals surface area contributed by atoms with Crippen LogP contribution in [0.4, 0.5) is 0 Å². The van der Waals surface area contributed by atoms with Crippen LogP contribution >= 0.6 is 0 Å². The summed E-state index contributed by atoms with van der Waals surface area (Å²) in [5.74, 6) is 0. The first-order valence-electron chi connectivity index (χ1n) is 5.13. The van der Waals surface area contributed by atoms with Gasteiger partial charge in [-0.2, -0.15) is 0 Å². The molecule has 0 saturated carbocycles. The van der Waals surface area contributed by atoms with Gasteiger partial charge < -0.3 is 0 Å². The third-order valence-electron chi connectivity index (χ3n) is 2.85. The molecule has 0 spiro atoms. The SMILES string of the molecule is CCC(C)(C)c1ccc(C=NC)cc1. The molecule has 0 aliphatic rings. The number of nitrogens with zero attached hydrogens (tertiary/aromatic N) is 1. The van der Waals surface area contributed by atoms with Gasteiger partial charge in [0.2, 0.25) is 0 Å². The zero-order valence-corrected chi connectivity index (χ0v) is 9.54. The largest absolute Gasteiger partial charge is 0.296 e. The quantitative estimate of drug-likeness (QED) is 0.646. The summed E-state index contributed by atoms with van der Waals surface area (Å²) in [6, 6.07) is 8.64. The third-order valence-corrected chi connectivity index (χ3v) is 2.85. The molecule has 0 N–H and O–H groups in total. The predicted molar refractivity (Wildman–Crippen MR) is 63.3 cm³/mol. The van der Waals surface area contributed by atoms with Crippen LogP contribution in [0.3, 0.4) is 0 Å². The van der Waals surface area contributed by atoms with Gasteiger partial charge in [-0.25, -0.2) is 0 Å². The lowest BCUT2D eigenvalue weighted by molar-refractivity contribution is 0.506. The lowest BCUT2D eigenvalue weighted by Gasteiger charge is -2.23. The maximum atomic E-state index is 3.99. The highest BCUT2D eigenvalue weighted by atomic mass is 14.6. The minimum Gasteiger partial charge on any atom is -0.296 e. The van der Waals surface area contributed by atoms with Crippen molar-refractivity contribution in [2.45, 2.75) is 32.6 Å². The van der Waals surface area contributed by atoms with Gasteiger partial charge in [0.15, 0.2) is 0 Å². The highest BCUT2D eigenvalue weighted by Gasteiger charge is 2.16. The van der Waals surface area contributed by atoms with Crippen LogP contribution in [-0.4, -0.2) is 13.3 Å². The van der Waals surface area contributed by atoms with E-state index in [0.717, 1.165) is 6.42 Å². The molecular formula is C13H19N. The Bertz CT molecular complexity index is 307. The van der Waals surface area contributed by atoms with Crippen LogP contribution in [0.1, 0.15) is 38.3 Å². The minimum atomic E-state index is 0.280. The van der Waals surface area contributed by atoms with Gasteiger partial charge in [-0.3, -0.25) is 4.99 Å². The fraction of sp³-hybridized carbons (Fsp3) is 0.462. The van der Waals surface area contributed by atoms with Gasteiger partial charge in [0, 0.05) is 13.3 Å². The van der Waals surface area contributed by atoms with Crippen molar-refractivity contribution in [2.24, 2.45) is 4.99 Å². The lowest BCUT2D eigenvalue weighted by atomic mass is 9.82. The number of hydrogen-bond acceptors (Lipinski definition) is 1. The van der Waals surface area contributed by atoms with Gasteiger partial charge in [0.05, 0.1) is 0 Å². The summed E-state index contributed by atoms with van der Waals surface area (Å²) in [6.45, 7) is 6.77. The van der Waals surface area contributed by atoms with E-state index in [-0.39, 0.29) is 5.41 Å². The van der Waals surface area contributed by atoms with E-state index in [1.54, 1.807) is 7.05 Å². The Morgan fingerprint density at radius 1 is 1.21 bits per heavy atom. The molecule has 0 atom stereocenters. The van der Waals surface area contributed by atoms with Crippen LogP contribution < -0.4 is 0 Å². The highest BCUT2D eigenvalue weighted by molar-refractivity contribution is 5.79. The van der Waals surface area contributed by atoms with Crippen LogP contribution in [0, 0.1) is 0 Å². The van der Waals surface area contributed by atoms with E-state index in [2.05, 4.69) is 50.0 Å². The van der Waals surface area contributed by atoms with Gasteiger partial charge in [-0.1, -0.05) is 45.0 Å². The van der Waals surface area contributed by atoms with E-state index < -0.39 is 0 Å². The molecule has 1 aromatic carbocycles. The Hall–Kier alpha value is -1.11. The normalized spacial score (nSPS) is 12.3. The minimum absolute atomic E-state index is 0.280. The monoisotopic (exact) mass is 189 g/mol. The van der Waals surface area contributed by atoms with E-state index in [0.29, 0.717) is 0 Å². The molecule has 1 heteroatoms. The van der Waals surface area contributed by atoms with Gasteiger partial charge >= 0.3 is 0 Å². The zero-order chi connectivity index (χ0) is 10.6. The Morgan fingerprint density at radius 2 is 1.79 bits per heavy atom. The molecule has 1 nitrogen and oxygen atoms in total. The molecule has 0 saturated heterocycles. The number of rotatable bonds is 3. The molecule has 0 unspecified atom stereocenters. The molecule has 1 aromatic rings. The van der Waals surface area contributed by atoms with Crippen LogP contribution in [0.2, 0.25) is 0 Å². The fourth-order valence-corrected chi connectivity index (χ4v) is 1.37. The van der Waals surface area contributed by atoms with Gasteiger partial charge in [0.1, 0.15) is 0 Å². The molecule has 1 rings (SSSR count). The second-order valence-electron chi connectivity index (χ2n) is 4.25. The van der Waals surface area contributed by atoms with E-state index in [4.69, 9.17) is 0 Å². The molecule has 0 bridgehead atoms. The smallest absolute Gasteiger partial charge is 0.0281 e. The third kappa shape index (κ3) is 2.44. The molecule has 0 aliphatic carbocycles. The van der Waals surface area contributed by atoms with E-state index in [1.165, 1.54) is 11.1 Å². The molecular weight excluding hydrogens is 170 g/mol. The molecule has 0 heterocycles. The summed E-state index contributed by atoms with van der Waals surface area (Å²) >= 11 is 0. The van der Waals surface area contributed by atoms with E-state index >= 15 is 0 Å². The fourth-order valence-electron chi connectivity index (χ4n) is 1.37. The Labute approximate surface area is 86.9 Å². The summed E-state index contributed by atoms with van der Waals surface area (Å²) in [4.78, 5) is 3.99. The first kappa shape index (κ1) is 11.0. The van der Waals surface area contributed by atoms with Crippen molar-refractivity contribution < 1.29 is 0 Å². The molecule has 0 amide bonds. The molecule has 0 fully saturated rings. The maximum absolute atomic E-state index is 3.99. The second kappa shape index (κ2) is 4.41. The van der Waals surface area contributed by atoms with Crippen LogP contribution in [-0.2, 0) is 5.41 Å². The highest BCUT2D eigenvalue weighted by Crippen LogP contribution is 2.26. The summed E-state index contributed by atoms with van der Waals surface area (Å²) in [6.07, 6.45) is 3.04. The summed E-state index contributed by atoms with van der Waals surface area (Å²) in [5.41, 5.74) is 2.85. The van der Waals surface area contributed by atoms with Gasteiger partial charge in [-0.15, -0.1) is 0 Å². The average molecular weight is 189 g/mol. The summed E-state index contributed by atoms with van der Waals surface area (Å²) < 4.78 is 0. The topological polar surface area (TPSA) is 12.4 Å². The molecule has 0 aromatic heterocycles. The summed E-state index contributed by atoms with van der Waals surface area (Å²) in [7, 11) is 1.80. The van der Waals surface area contributed by atoms with Crippen molar-refractivity contribution >= 4 is 6.21 Å². The van der Waals surface area contributed by atoms with E-state index in [1.807, 2.05) is 6.21 Å². The number of benzene rings is 1. The van der Waals surface area contributed by atoms with Crippen LogP contribution in [0.15, 0.2) is 29.3 Å². The van der Waals surface area contributed by atoms with Crippen molar-refractivity contribution in [1.29, 1.82) is 0 Å². The Morgan fingerprint density at radius 3 is 2.21 bits per heavy atom. The van der Waals surface area contributed by atoms with Crippen LogP contribution in [0.5, 0.6) is 0 Å². The standard InChI is InChI=1S/C13H19N/c1-5-13(2,3)12-8-6-11(7-9-12)10-14-4/h6-10H,5H2,1-4H3. The first-order valence-corrected chi connectivity index (χ1v) is 5.13. The van der Waals surface area contributed by atoms with Crippen molar-refractivity contribution in [3.05, 3.63) is 35.4 Å². The van der Waals surface area contributed by atoms with Gasteiger partial charge in [-0.05, 0) is 23.0 Å². The number of aliphatic imine (C=N–C) groups is 1. The van der Waals surface area contributed by atoms with Crippen molar-refractivity contribution in [3.8, 4) is 0 Å². The lowest BCUT2D eigenvalue weighted by Crippen LogP contribution is -2.15. The Kier molecular flexibility index (Phi) is 3.45. The summed E-state index contributed by atoms with van der Waals surface area (Å²) in [5, 5.41) is 0.